The zero-order valence-electron chi connectivity index (χ0n) is 45.5. The maximum absolute atomic E-state index is 12.7. The molecule has 0 aliphatic carbocycles. The molecule has 0 rings (SSSR count). The highest BCUT2D eigenvalue weighted by Crippen LogP contribution is 2.38. The third kappa shape index (κ3) is 54.9. The van der Waals surface area contributed by atoms with Crippen molar-refractivity contribution in [2.75, 3.05) is 47.5 Å². The van der Waals surface area contributed by atoms with Crippen molar-refractivity contribution < 1.29 is 42.1 Å². The molecule has 0 N–H and O–H groups in total. The second kappa shape index (κ2) is 50.6. The molecule has 0 radical (unpaired) electrons. The predicted octanol–water partition coefficient (Wildman–Crippen LogP) is 16.9. The van der Waals surface area contributed by atoms with Crippen molar-refractivity contribution in [1.29, 1.82) is 0 Å². The molecule has 0 aromatic heterocycles. The van der Waals surface area contributed by atoms with Crippen LogP contribution in [0.25, 0.3) is 0 Å². The topological polar surface area (TPSA) is 111 Å². The highest BCUT2D eigenvalue weighted by Gasteiger charge is 2.21. The summed E-state index contributed by atoms with van der Waals surface area (Å²) >= 11 is 0. The number of quaternary nitrogens is 1. The van der Waals surface area contributed by atoms with Crippen LogP contribution >= 0.6 is 7.82 Å². The number of esters is 2. The standard InChI is InChI=1S/C59H108NO8P/c1-6-8-10-12-14-15-16-17-18-19-20-21-22-23-24-25-26-27-28-29-30-31-32-33-34-35-36-37-38-39-40-41-42-43-44-45-46-48-50-52-59(62)68-57(55-65-58(61)51-49-47-13-11-9-7-2)56-67-69(63,64)66-54-53-60(3,4)5/h8,10,14-15,17-18,20-21,23-24,57H,6-7,9,11-13,16,19,22,25-56H2,1-5H3/b10-8-,15-14-,18-17-,21-20-,24-23-. The van der Waals surface area contributed by atoms with Crippen LogP contribution in [0.2, 0.25) is 0 Å². The molecule has 10 heteroatoms. The van der Waals surface area contributed by atoms with E-state index in [-0.39, 0.29) is 32.0 Å². The fraction of sp³-hybridized carbons (Fsp3) is 0.797. The molecule has 0 aromatic rings. The van der Waals surface area contributed by atoms with E-state index in [0.717, 1.165) is 70.6 Å². The van der Waals surface area contributed by atoms with E-state index in [2.05, 4.69) is 74.6 Å². The molecule has 402 valence electrons. The molecule has 0 fully saturated rings. The van der Waals surface area contributed by atoms with Gasteiger partial charge in [-0.15, -0.1) is 0 Å². The van der Waals surface area contributed by atoms with Gasteiger partial charge in [0, 0.05) is 12.8 Å². The van der Waals surface area contributed by atoms with Gasteiger partial charge in [-0.2, -0.15) is 0 Å². The third-order valence-corrected chi connectivity index (χ3v) is 13.3. The summed E-state index contributed by atoms with van der Waals surface area (Å²) in [5, 5.41) is 0. The van der Waals surface area contributed by atoms with Crippen LogP contribution in [0.15, 0.2) is 60.8 Å². The van der Waals surface area contributed by atoms with Crippen molar-refractivity contribution in [2.24, 2.45) is 0 Å². The quantitative estimate of drug-likeness (QED) is 0.0195. The van der Waals surface area contributed by atoms with Crippen LogP contribution in [0.1, 0.15) is 251 Å². The highest BCUT2D eigenvalue weighted by atomic mass is 31.2. The van der Waals surface area contributed by atoms with Crippen molar-refractivity contribution in [3.8, 4) is 0 Å². The van der Waals surface area contributed by atoms with Gasteiger partial charge in [0.2, 0.25) is 0 Å². The first-order chi connectivity index (χ1) is 33.5. The largest absolute Gasteiger partial charge is 0.756 e. The van der Waals surface area contributed by atoms with Gasteiger partial charge in [-0.3, -0.25) is 14.2 Å². The molecule has 0 amide bonds. The Labute approximate surface area is 426 Å². The van der Waals surface area contributed by atoms with E-state index < -0.39 is 26.5 Å². The van der Waals surface area contributed by atoms with Crippen LogP contribution in [0.4, 0.5) is 0 Å². The summed E-state index contributed by atoms with van der Waals surface area (Å²) in [6, 6.07) is 0. The Balaban J connectivity index is 3.78. The number of unbranched alkanes of at least 4 members (excludes halogenated alkanes) is 28. The lowest BCUT2D eigenvalue weighted by Crippen LogP contribution is -2.37. The Hall–Kier alpha value is -2.29. The minimum absolute atomic E-state index is 0.0292. The van der Waals surface area contributed by atoms with Crippen LogP contribution in [0, 0.1) is 0 Å². The van der Waals surface area contributed by atoms with Gasteiger partial charge >= 0.3 is 11.9 Å². The van der Waals surface area contributed by atoms with Gasteiger partial charge in [0.05, 0.1) is 27.7 Å². The Morgan fingerprint density at radius 2 is 0.826 bits per heavy atom. The van der Waals surface area contributed by atoms with E-state index in [1.54, 1.807) is 0 Å². The molecule has 0 aliphatic heterocycles. The number of phosphoric acid groups is 1. The van der Waals surface area contributed by atoms with Crippen molar-refractivity contribution in [2.45, 2.75) is 258 Å². The Morgan fingerprint density at radius 1 is 0.464 bits per heavy atom. The predicted molar refractivity (Wildman–Crippen MR) is 291 cm³/mol. The van der Waals surface area contributed by atoms with Gasteiger partial charge in [0.25, 0.3) is 7.82 Å². The summed E-state index contributed by atoms with van der Waals surface area (Å²) in [6.07, 6.45) is 64.8. The monoisotopic (exact) mass is 990 g/mol. The molecular formula is C59H108NO8P. The zero-order valence-corrected chi connectivity index (χ0v) is 46.4. The van der Waals surface area contributed by atoms with Gasteiger partial charge in [0.15, 0.2) is 6.10 Å². The average Bonchev–Trinajstić information content (AvgIpc) is 3.31. The second-order valence-electron chi connectivity index (χ2n) is 20.3. The van der Waals surface area contributed by atoms with Gasteiger partial charge in [-0.05, 0) is 57.8 Å². The number of rotatable bonds is 52. The van der Waals surface area contributed by atoms with E-state index in [9.17, 15) is 19.0 Å². The molecule has 2 unspecified atom stereocenters. The first kappa shape index (κ1) is 66.7. The molecule has 0 saturated heterocycles. The Bertz CT molecular complexity index is 1350. The lowest BCUT2D eigenvalue weighted by molar-refractivity contribution is -0.870. The summed E-state index contributed by atoms with van der Waals surface area (Å²) in [7, 11) is 1.17. The van der Waals surface area contributed by atoms with Gasteiger partial charge in [-0.1, -0.05) is 242 Å². The molecule has 0 saturated carbocycles. The van der Waals surface area contributed by atoms with E-state index in [4.69, 9.17) is 18.5 Å². The molecule has 0 heterocycles. The molecule has 0 aromatic carbocycles. The summed E-state index contributed by atoms with van der Waals surface area (Å²) in [5.41, 5.74) is 0. The summed E-state index contributed by atoms with van der Waals surface area (Å²) in [4.78, 5) is 37.4. The number of phosphoric ester groups is 1. The maximum atomic E-state index is 12.7. The number of ether oxygens (including phenoxy) is 2. The van der Waals surface area contributed by atoms with Crippen LogP contribution in [0.3, 0.4) is 0 Å². The molecular weight excluding hydrogens is 882 g/mol. The van der Waals surface area contributed by atoms with Crippen molar-refractivity contribution in [3.05, 3.63) is 60.8 Å². The minimum Gasteiger partial charge on any atom is -0.756 e. The number of hydrogen-bond donors (Lipinski definition) is 0. The van der Waals surface area contributed by atoms with Crippen LogP contribution in [0.5, 0.6) is 0 Å². The highest BCUT2D eigenvalue weighted by molar-refractivity contribution is 7.45. The first-order valence-corrected chi connectivity index (χ1v) is 30.0. The molecule has 0 aliphatic rings. The minimum atomic E-state index is -4.62. The van der Waals surface area contributed by atoms with E-state index in [1.165, 1.54) is 148 Å². The lowest BCUT2D eigenvalue weighted by atomic mass is 10.0. The molecule has 2 atom stereocenters. The summed E-state index contributed by atoms with van der Waals surface area (Å²) in [5.74, 6) is -0.835. The van der Waals surface area contributed by atoms with Crippen molar-refractivity contribution in [3.63, 3.8) is 0 Å². The van der Waals surface area contributed by atoms with Crippen molar-refractivity contribution in [1.82, 2.24) is 0 Å². The molecule has 9 nitrogen and oxygen atoms in total. The Morgan fingerprint density at radius 3 is 1.23 bits per heavy atom. The smallest absolute Gasteiger partial charge is 0.306 e. The van der Waals surface area contributed by atoms with Crippen LogP contribution in [-0.2, 0) is 32.7 Å². The molecule has 0 spiro atoms. The van der Waals surface area contributed by atoms with Crippen LogP contribution in [-0.4, -0.2) is 70.0 Å². The fourth-order valence-corrected chi connectivity index (χ4v) is 8.65. The number of carbonyl (C=O) groups is 2. The second-order valence-corrected chi connectivity index (χ2v) is 21.7. The molecule has 0 bridgehead atoms. The Kier molecular flexibility index (Phi) is 49.0. The number of carbonyl (C=O) groups excluding carboxylic acids is 2. The zero-order chi connectivity index (χ0) is 50.6. The maximum Gasteiger partial charge on any atom is 0.306 e. The summed E-state index contributed by atoms with van der Waals surface area (Å²) < 4.78 is 33.8. The normalized spacial score (nSPS) is 13.8. The number of likely N-dealkylation sites (N-methyl/N-ethyl adjacent to an activating group) is 1. The fourth-order valence-electron chi connectivity index (χ4n) is 7.92. The van der Waals surface area contributed by atoms with Gasteiger partial charge in [-0.25, -0.2) is 0 Å². The van der Waals surface area contributed by atoms with Crippen molar-refractivity contribution >= 4 is 19.8 Å². The van der Waals surface area contributed by atoms with E-state index in [1.807, 2.05) is 21.1 Å². The number of allylic oxidation sites excluding steroid dienone is 10. The van der Waals surface area contributed by atoms with Crippen LogP contribution < -0.4 is 4.89 Å². The van der Waals surface area contributed by atoms with E-state index in [0.29, 0.717) is 17.4 Å². The first-order valence-electron chi connectivity index (χ1n) is 28.5. The average molecular weight is 990 g/mol. The van der Waals surface area contributed by atoms with Gasteiger partial charge < -0.3 is 27.9 Å². The number of nitrogens with zero attached hydrogens (tertiary/aromatic N) is 1. The molecule has 69 heavy (non-hydrogen) atoms. The SMILES string of the molecule is CC/C=C\C/C=C\C/C=C\C/C=C\C/C=C\CCCCCCCCCCCCCCCCCCCCCCCCCC(=O)OC(COC(=O)CCCCCCCC)COP(=O)([O-])OCC[N+](C)(C)C. The summed E-state index contributed by atoms with van der Waals surface area (Å²) in [6.45, 7) is 4.06. The third-order valence-electron chi connectivity index (χ3n) is 12.3. The lowest BCUT2D eigenvalue weighted by Gasteiger charge is -2.28. The number of hydrogen-bond acceptors (Lipinski definition) is 8. The van der Waals surface area contributed by atoms with E-state index >= 15 is 0 Å². The van der Waals surface area contributed by atoms with Gasteiger partial charge in [0.1, 0.15) is 19.8 Å².